The normalized spacial score (nSPS) is 11.3. The molecule has 0 bridgehead atoms. The monoisotopic (exact) mass is 645 g/mol. The fraction of sp³-hybridized carbons (Fsp3) is 0.860. The third-order valence-electron chi connectivity index (χ3n) is 9.40. The van der Waals surface area contributed by atoms with Crippen molar-refractivity contribution in [1.82, 2.24) is 0 Å². The Morgan fingerprint density at radius 2 is 0.609 bits per heavy atom. The number of hydrogen-bond acceptors (Lipinski definition) is 3. The first kappa shape index (κ1) is 42.6. The molecule has 0 amide bonds. The fourth-order valence-corrected chi connectivity index (χ4v) is 6.29. The summed E-state index contributed by atoms with van der Waals surface area (Å²) in [5.74, 6) is 2.67. The van der Waals surface area contributed by atoms with Crippen molar-refractivity contribution in [3.8, 4) is 17.2 Å². The van der Waals surface area contributed by atoms with Crippen molar-refractivity contribution in [2.24, 2.45) is 0 Å². The van der Waals surface area contributed by atoms with Gasteiger partial charge in [0.05, 0.1) is 19.8 Å². The Morgan fingerprint density at radius 1 is 0.326 bits per heavy atom. The van der Waals surface area contributed by atoms with Crippen molar-refractivity contribution in [2.45, 2.75) is 220 Å². The lowest BCUT2D eigenvalue weighted by Gasteiger charge is -2.19. The Labute approximate surface area is 288 Å². The number of hydrogen-bond donors (Lipinski definition) is 0. The highest BCUT2D eigenvalue weighted by Crippen LogP contribution is 2.40. The van der Waals surface area contributed by atoms with Crippen LogP contribution in [0.1, 0.15) is 219 Å². The average molecular weight is 645 g/mol. The molecule has 3 heteroatoms. The van der Waals surface area contributed by atoms with Crippen LogP contribution in [0.25, 0.3) is 0 Å². The third kappa shape index (κ3) is 24.7. The van der Waals surface area contributed by atoms with Gasteiger partial charge in [-0.25, -0.2) is 0 Å². The van der Waals surface area contributed by atoms with E-state index in [-0.39, 0.29) is 0 Å². The van der Waals surface area contributed by atoms with Crippen LogP contribution in [-0.2, 0) is 6.42 Å². The van der Waals surface area contributed by atoms with E-state index >= 15 is 0 Å². The molecule has 0 aromatic heterocycles. The molecule has 3 nitrogen and oxygen atoms in total. The minimum atomic E-state index is 0.743. The first-order valence-electron chi connectivity index (χ1n) is 20.8. The van der Waals surface area contributed by atoms with Gasteiger partial charge in [0.2, 0.25) is 5.75 Å². The summed E-state index contributed by atoms with van der Waals surface area (Å²) in [4.78, 5) is 0. The summed E-state index contributed by atoms with van der Waals surface area (Å²) in [6, 6.07) is 4.50. The predicted molar refractivity (Wildman–Crippen MR) is 203 cm³/mol. The molecule has 0 heterocycles. The lowest BCUT2D eigenvalue weighted by molar-refractivity contribution is 0.234. The summed E-state index contributed by atoms with van der Waals surface area (Å²) in [5.41, 5.74) is 1.32. The molecule has 1 rings (SSSR count). The summed E-state index contributed by atoms with van der Waals surface area (Å²) in [5, 5.41) is 0. The zero-order chi connectivity index (χ0) is 33.2. The summed E-state index contributed by atoms with van der Waals surface area (Å²) >= 11 is 0. The van der Waals surface area contributed by atoms with E-state index in [1.807, 2.05) is 0 Å². The molecule has 270 valence electrons. The number of rotatable bonds is 36. The van der Waals surface area contributed by atoms with Crippen molar-refractivity contribution >= 4 is 0 Å². The largest absolute Gasteiger partial charge is 0.490 e. The zero-order valence-electron chi connectivity index (χ0n) is 31.7. The van der Waals surface area contributed by atoms with Crippen LogP contribution in [-0.4, -0.2) is 19.8 Å². The van der Waals surface area contributed by atoms with Crippen molar-refractivity contribution in [3.05, 3.63) is 17.7 Å². The van der Waals surface area contributed by atoms with Crippen molar-refractivity contribution in [1.29, 1.82) is 0 Å². The molecule has 0 unspecified atom stereocenters. The Balaban J connectivity index is 2.68. The minimum Gasteiger partial charge on any atom is -0.490 e. The quantitative estimate of drug-likeness (QED) is 0.0680. The van der Waals surface area contributed by atoms with Gasteiger partial charge in [-0.15, -0.1) is 0 Å². The molecule has 0 radical (unpaired) electrons. The lowest BCUT2D eigenvalue weighted by atomic mass is 10.1. The SMILES string of the molecule is CCCCCCCCCCCOc1cc(CCCC)cc(OCCCCCCCCCCC)c1OCCCCCCCCCCC. The van der Waals surface area contributed by atoms with Crippen LogP contribution in [0.5, 0.6) is 17.2 Å². The molecule has 0 aliphatic heterocycles. The van der Waals surface area contributed by atoms with Gasteiger partial charge in [-0.05, 0) is 49.8 Å². The highest BCUT2D eigenvalue weighted by atomic mass is 16.5. The Kier molecular flexibility index (Phi) is 31.1. The highest BCUT2D eigenvalue weighted by Gasteiger charge is 2.16. The lowest BCUT2D eigenvalue weighted by Crippen LogP contribution is -2.07. The molecule has 0 aliphatic rings. The van der Waals surface area contributed by atoms with Crippen LogP contribution in [0.15, 0.2) is 12.1 Å². The van der Waals surface area contributed by atoms with Crippen LogP contribution in [0.4, 0.5) is 0 Å². The summed E-state index contributed by atoms with van der Waals surface area (Å²) < 4.78 is 19.5. The maximum Gasteiger partial charge on any atom is 0.203 e. The molecule has 0 fully saturated rings. The number of unbranched alkanes of at least 4 members (excludes halogenated alkanes) is 25. The molecule has 0 saturated carbocycles. The number of aryl methyl sites for hydroxylation is 1. The topological polar surface area (TPSA) is 27.7 Å². The molecule has 0 spiro atoms. The van der Waals surface area contributed by atoms with E-state index in [1.165, 1.54) is 173 Å². The fourth-order valence-electron chi connectivity index (χ4n) is 6.29. The van der Waals surface area contributed by atoms with Gasteiger partial charge in [0.1, 0.15) is 0 Å². The van der Waals surface area contributed by atoms with E-state index in [9.17, 15) is 0 Å². The smallest absolute Gasteiger partial charge is 0.203 e. The van der Waals surface area contributed by atoms with Gasteiger partial charge in [0.15, 0.2) is 11.5 Å². The summed E-state index contributed by atoms with van der Waals surface area (Å²) in [7, 11) is 0. The second-order valence-electron chi connectivity index (χ2n) is 14.1. The molecule has 1 aromatic rings. The van der Waals surface area contributed by atoms with E-state index in [4.69, 9.17) is 14.2 Å². The van der Waals surface area contributed by atoms with Crippen LogP contribution in [0, 0.1) is 0 Å². The van der Waals surface area contributed by atoms with Gasteiger partial charge < -0.3 is 14.2 Å². The third-order valence-corrected chi connectivity index (χ3v) is 9.40. The highest BCUT2D eigenvalue weighted by molar-refractivity contribution is 5.54. The first-order valence-corrected chi connectivity index (χ1v) is 20.8. The van der Waals surface area contributed by atoms with E-state index in [0.717, 1.165) is 62.8 Å². The van der Waals surface area contributed by atoms with Crippen molar-refractivity contribution in [3.63, 3.8) is 0 Å². The second-order valence-corrected chi connectivity index (χ2v) is 14.1. The van der Waals surface area contributed by atoms with Crippen molar-refractivity contribution in [2.75, 3.05) is 19.8 Å². The van der Waals surface area contributed by atoms with Crippen LogP contribution < -0.4 is 14.2 Å². The van der Waals surface area contributed by atoms with Gasteiger partial charge in [0, 0.05) is 0 Å². The van der Waals surface area contributed by atoms with Gasteiger partial charge in [-0.2, -0.15) is 0 Å². The van der Waals surface area contributed by atoms with Crippen LogP contribution in [0.3, 0.4) is 0 Å². The van der Waals surface area contributed by atoms with E-state index < -0.39 is 0 Å². The maximum atomic E-state index is 6.52. The van der Waals surface area contributed by atoms with Crippen LogP contribution in [0.2, 0.25) is 0 Å². The Hall–Kier alpha value is -1.38. The van der Waals surface area contributed by atoms with E-state index in [1.54, 1.807) is 0 Å². The zero-order valence-corrected chi connectivity index (χ0v) is 31.7. The predicted octanol–water partition coefficient (Wildman–Crippen LogP) is 14.8. The summed E-state index contributed by atoms with van der Waals surface area (Å²) in [6.07, 6.45) is 39.2. The van der Waals surface area contributed by atoms with Gasteiger partial charge in [-0.1, -0.05) is 188 Å². The van der Waals surface area contributed by atoms with E-state index in [2.05, 4.69) is 39.8 Å². The molecular weight excluding hydrogens is 564 g/mol. The first-order chi connectivity index (χ1) is 22.8. The second kappa shape index (κ2) is 33.5. The van der Waals surface area contributed by atoms with Gasteiger partial charge >= 0.3 is 0 Å². The van der Waals surface area contributed by atoms with Gasteiger partial charge in [0.25, 0.3) is 0 Å². The molecule has 0 saturated heterocycles. The van der Waals surface area contributed by atoms with Crippen molar-refractivity contribution < 1.29 is 14.2 Å². The minimum absolute atomic E-state index is 0.743. The number of benzene rings is 1. The molecule has 46 heavy (non-hydrogen) atoms. The molecule has 0 N–H and O–H groups in total. The Morgan fingerprint density at radius 3 is 0.935 bits per heavy atom. The number of ether oxygens (including phenoxy) is 3. The molecular formula is C43H80O3. The van der Waals surface area contributed by atoms with Gasteiger partial charge in [-0.3, -0.25) is 0 Å². The van der Waals surface area contributed by atoms with Crippen LogP contribution >= 0.6 is 0 Å². The average Bonchev–Trinajstić information content (AvgIpc) is 3.07. The molecule has 0 atom stereocenters. The molecule has 1 aromatic carbocycles. The van der Waals surface area contributed by atoms with E-state index in [0.29, 0.717) is 0 Å². The maximum absolute atomic E-state index is 6.52. The standard InChI is InChI=1S/C43H80O3/c1-5-9-13-16-19-22-25-28-31-35-44-41-38-40(34-12-8-4)39-42(45-36-32-29-26-23-20-17-14-10-6-2)43(41)46-37-33-30-27-24-21-18-15-11-7-3/h38-39H,5-37H2,1-4H3. The summed E-state index contributed by atoms with van der Waals surface area (Å²) in [6.45, 7) is 11.4. The molecule has 0 aliphatic carbocycles. The Bertz CT molecular complexity index is 715.